The molecule has 0 aliphatic rings. The third kappa shape index (κ3) is 3.06. The molecule has 0 radical (unpaired) electrons. The molecule has 0 amide bonds. The maximum Gasteiger partial charge on any atom is 0.0641 e. The van der Waals surface area contributed by atoms with Gasteiger partial charge in [0.25, 0.3) is 0 Å². The molecule has 0 unspecified atom stereocenters. The molecule has 0 saturated carbocycles. The number of rotatable bonds is 6. The van der Waals surface area contributed by atoms with Crippen molar-refractivity contribution < 1.29 is 0 Å². The zero-order valence-electron chi connectivity index (χ0n) is 10.2. The van der Waals surface area contributed by atoms with E-state index in [0.29, 0.717) is 6.54 Å². The molecule has 0 saturated heterocycles. The highest BCUT2D eigenvalue weighted by molar-refractivity contribution is 5.23. The SMILES string of the molecule is CCCCCCn1nc(C)c(CN)c1C. The monoisotopic (exact) mass is 209 g/mol. The van der Waals surface area contributed by atoms with Gasteiger partial charge in [-0.1, -0.05) is 26.2 Å². The van der Waals surface area contributed by atoms with E-state index in [-0.39, 0.29) is 0 Å². The Morgan fingerprint density at radius 1 is 1.20 bits per heavy atom. The van der Waals surface area contributed by atoms with Crippen LogP contribution in [0.3, 0.4) is 0 Å². The second kappa shape index (κ2) is 5.91. The Hall–Kier alpha value is -0.830. The van der Waals surface area contributed by atoms with Crippen LogP contribution in [-0.4, -0.2) is 9.78 Å². The molecule has 0 atom stereocenters. The first-order valence-corrected chi connectivity index (χ1v) is 5.93. The van der Waals surface area contributed by atoms with E-state index in [1.165, 1.54) is 36.9 Å². The number of aryl methyl sites for hydroxylation is 2. The van der Waals surface area contributed by atoms with Crippen LogP contribution < -0.4 is 5.73 Å². The van der Waals surface area contributed by atoms with Crippen molar-refractivity contribution in [1.82, 2.24) is 9.78 Å². The first-order valence-electron chi connectivity index (χ1n) is 5.93. The molecule has 0 bridgehead atoms. The molecule has 0 fully saturated rings. The molecule has 3 heteroatoms. The zero-order chi connectivity index (χ0) is 11.3. The third-order valence-corrected chi connectivity index (χ3v) is 2.96. The Bertz CT molecular complexity index is 302. The fraction of sp³-hybridized carbons (Fsp3) is 0.750. The summed E-state index contributed by atoms with van der Waals surface area (Å²) in [5.41, 5.74) is 9.23. The van der Waals surface area contributed by atoms with Crippen LogP contribution in [0, 0.1) is 13.8 Å². The fourth-order valence-electron chi connectivity index (χ4n) is 1.94. The zero-order valence-corrected chi connectivity index (χ0v) is 10.2. The molecule has 1 heterocycles. The summed E-state index contributed by atoms with van der Waals surface area (Å²) < 4.78 is 2.10. The average molecular weight is 209 g/mol. The minimum atomic E-state index is 0.604. The fourth-order valence-corrected chi connectivity index (χ4v) is 1.94. The molecule has 1 aromatic rings. The van der Waals surface area contributed by atoms with Gasteiger partial charge >= 0.3 is 0 Å². The predicted octanol–water partition coefficient (Wildman–Crippen LogP) is 2.54. The van der Waals surface area contributed by atoms with Gasteiger partial charge in [0.2, 0.25) is 0 Å². The first-order chi connectivity index (χ1) is 7.20. The minimum absolute atomic E-state index is 0.604. The van der Waals surface area contributed by atoms with Crippen LogP contribution in [-0.2, 0) is 13.1 Å². The van der Waals surface area contributed by atoms with Gasteiger partial charge in [0, 0.05) is 24.3 Å². The summed E-state index contributed by atoms with van der Waals surface area (Å²) in [5, 5.41) is 4.52. The van der Waals surface area contributed by atoms with E-state index in [1.54, 1.807) is 0 Å². The number of nitrogens with two attached hydrogens (primary N) is 1. The Morgan fingerprint density at radius 3 is 2.47 bits per heavy atom. The molecule has 1 rings (SSSR count). The lowest BCUT2D eigenvalue weighted by Gasteiger charge is -2.04. The van der Waals surface area contributed by atoms with Gasteiger partial charge in [-0.25, -0.2) is 0 Å². The summed E-state index contributed by atoms with van der Waals surface area (Å²) >= 11 is 0. The van der Waals surface area contributed by atoms with Crippen LogP contribution in [0.2, 0.25) is 0 Å². The lowest BCUT2D eigenvalue weighted by atomic mass is 10.2. The molecule has 0 spiro atoms. The summed E-state index contributed by atoms with van der Waals surface area (Å²) in [4.78, 5) is 0. The highest BCUT2D eigenvalue weighted by atomic mass is 15.3. The number of aromatic nitrogens is 2. The van der Waals surface area contributed by atoms with Crippen LogP contribution in [0.25, 0.3) is 0 Å². The number of unbranched alkanes of at least 4 members (excludes halogenated alkanes) is 3. The van der Waals surface area contributed by atoms with Crippen molar-refractivity contribution in [2.45, 2.75) is 59.5 Å². The van der Waals surface area contributed by atoms with Crippen molar-refractivity contribution in [3.05, 3.63) is 17.0 Å². The predicted molar refractivity (Wildman–Crippen MR) is 63.7 cm³/mol. The summed E-state index contributed by atoms with van der Waals surface area (Å²) in [6.45, 7) is 8.02. The molecular weight excluding hydrogens is 186 g/mol. The summed E-state index contributed by atoms with van der Waals surface area (Å²) in [6, 6.07) is 0. The number of hydrogen-bond donors (Lipinski definition) is 1. The van der Waals surface area contributed by atoms with Gasteiger partial charge in [0.05, 0.1) is 5.69 Å². The quantitative estimate of drug-likeness (QED) is 0.732. The Labute approximate surface area is 92.7 Å². The van der Waals surface area contributed by atoms with Gasteiger partial charge in [0.15, 0.2) is 0 Å². The van der Waals surface area contributed by atoms with E-state index < -0.39 is 0 Å². The van der Waals surface area contributed by atoms with Crippen LogP contribution in [0.15, 0.2) is 0 Å². The smallest absolute Gasteiger partial charge is 0.0641 e. The lowest BCUT2D eigenvalue weighted by molar-refractivity contribution is 0.529. The van der Waals surface area contributed by atoms with Crippen molar-refractivity contribution >= 4 is 0 Å². The van der Waals surface area contributed by atoms with Gasteiger partial charge in [-0.2, -0.15) is 5.10 Å². The van der Waals surface area contributed by atoms with Crippen molar-refractivity contribution in [2.24, 2.45) is 5.73 Å². The molecule has 0 aliphatic heterocycles. The molecule has 1 aromatic heterocycles. The highest BCUT2D eigenvalue weighted by Gasteiger charge is 2.08. The van der Waals surface area contributed by atoms with Gasteiger partial charge in [-0.15, -0.1) is 0 Å². The van der Waals surface area contributed by atoms with Crippen LogP contribution >= 0.6 is 0 Å². The van der Waals surface area contributed by atoms with Gasteiger partial charge in [-0.3, -0.25) is 4.68 Å². The third-order valence-electron chi connectivity index (χ3n) is 2.96. The molecular formula is C12H23N3. The van der Waals surface area contributed by atoms with Crippen LogP contribution in [0.1, 0.15) is 49.6 Å². The van der Waals surface area contributed by atoms with E-state index in [9.17, 15) is 0 Å². The van der Waals surface area contributed by atoms with E-state index in [2.05, 4.69) is 23.6 Å². The summed E-state index contributed by atoms with van der Waals surface area (Å²) in [6.07, 6.45) is 5.13. The van der Waals surface area contributed by atoms with E-state index in [4.69, 9.17) is 5.73 Å². The van der Waals surface area contributed by atoms with Crippen molar-refractivity contribution in [3.63, 3.8) is 0 Å². The number of hydrogen-bond acceptors (Lipinski definition) is 2. The minimum Gasteiger partial charge on any atom is -0.326 e. The molecule has 0 aromatic carbocycles. The maximum atomic E-state index is 5.69. The molecule has 86 valence electrons. The van der Waals surface area contributed by atoms with Crippen LogP contribution in [0.5, 0.6) is 0 Å². The molecule has 2 N–H and O–H groups in total. The first kappa shape index (κ1) is 12.2. The second-order valence-corrected chi connectivity index (χ2v) is 4.14. The molecule has 15 heavy (non-hydrogen) atoms. The average Bonchev–Trinajstić information content (AvgIpc) is 2.49. The highest BCUT2D eigenvalue weighted by Crippen LogP contribution is 2.13. The van der Waals surface area contributed by atoms with E-state index in [0.717, 1.165) is 12.2 Å². The summed E-state index contributed by atoms with van der Waals surface area (Å²) in [5.74, 6) is 0. The molecule has 0 aliphatic carbocycles. The second-order valence-electron chi connectivity index (χ2n) is 4.14. The Balaban J connectivity index is 2.54. The topological polar surface area (TPSA) is 43.8 Å². The van der Waals surface area contributed by atoms with Crippen LogP contribution in [0.4, 0.5) is 0 Å². The van der Waals surface area contributed by atoms with Crippen molar-refractivity contribution in [1.29, 1.82) is 0 Å². The van der Waals surface area contributed by atoms with E-state index >= 15 is 0 Å². The number of nitrogens with zero attached hydrogens (tertiary/aromatic N) is 2. The Kier molecular flexibility index (Phi) is 4.82. The largest absolute Gasteiger partial charge is 0.326 e. The van der Waals surface area contributed by atoms with Gasteiger partial charge in [-0.05, 0) is 20.3 Å². The van der Waals surface area contributed by atoms with Gasteiger partial charge in [0.1, 0.15) is 0 Å². The standard InChI is InChI=1S/C12H23N3/c1-4-5-6-7-8-15-11(3)12(9-13)10(2)14-15/h4-9,13H2,1-3H3. The Morgan fingerprint density at radius 2 is 1.93 bits per heavy atom. The maximum absolute atomic E-state index is 5.69. The lowest BCUT2D eigenvalue weighted by Crippen LogP contribution is -2.04. The van der Waals surface area contributed by atoms with Crippen molar-refractivity contribution in [3.8, 4) is 0 Å². The van der Waals surface area contributed by atoms with E-state index in [1.807, 2.05) is 6.92 Å². The van der Waals surface area contributed by atoms with Gasteiger partial charge < -0.3 is 5.73 Å². The normalized spacial score (nSPS) is 10.9. The molecule has 3 nitrogen and oxygen atoms in total. The summed E-state index contributed by atoms with van der Waals surface area (Å²) in [7, 11) is 0. The van der Waals surface area contributed by atoms with Crippen molar-refractivity contribution in [2.75, 3.05) is 0 Å².